The number of piperidine rings is 1. The summed E-state index contributed by atoms with van der Waals surface area (Å²) in [5.74, 6) is -0.00727. The molecule has 1 atom stereocenters. The summed E-state index contributed by atoms with van der Waals surface area (Å²) in [7, 11) is 5.88. The second-order valence-corrected chi connectivity index (χ2v) is 5.48. The van der Waals surface area contributed by atoms with E-state index < -0.39 is 0 Å². The van der Waals surface area contributed by atoms with Crippen LogP contribution in [0.4, 0.5) is 5.69 Å². The lowest BCUT2D eigenvalue weighted by molar-refractivity contribution is 0.0625. The third-order valence-electron chi connectivity index (χ3n) is 3.89. The molecule has 1 aliphatic heterocycles. The van der Waals surface area contributed by atoms with Crippen molar-refractivity contribution in [3.05, 3.63) is 11.4 Å². The van der Waals surface area contributed by atoms with Gasteiger partial charge in [0, 0.05) is 26.2 Å². The number of likely N-dealkylation sites (N-methyl/N-ethyl adjacent to an activating group) is 1. The van der Waals surface area contributed by atoms with E-state index in [-0.39, 0.29) is 5.91 Å². The Balaban J connectivity index is 2.19. The molecule has 2 rings (SSSR count). The molecule has 19 heavy (non-hydrogen) atoms. The number of rotatable bonds is 2. The summed E-state index contributed by atoms with van der Waals surface area (Å²) in [6, 6.07) is 0.424. The van der Waals surface area contributed by atoms with Crippen LogP contribution in [0, 0.1) is 6.92 Å². The highest BCUT2D eigenvalue weighted by Crippen LogP contribution is 2.21. The van der Waals surface area contributed by atoms with Gasteiger partial charge in [-0.3, -0.25) is 9.48 Å². The van der Waals surface area contributed by atoms with Crippen LogP contribution in [0.1, 0.15) is 29.0 Å². The summed E-state index contributed by atoms with van der Waals surface area (Å²) in [6.45, 7) is 3.38. The molecule has 6 heteroatoms. The molecule has 1 amide bonds. The number of aromatic nitrogens is 2. The average Bonchev–Trinajstić information content (AvgIpc) is 2.62. The van der Waals surface area contributed by atoms with E-state index in [4.69, 9.17) is 5.73 Å². The first-order chi connectivity index (χ1) is 8.91. The van der Waals surface area contributed by atoms with Gasteiger partial charge < -0.3 is 15.5 Å². The van der Waals surface area contributed by atoms with Gasteiger partial charge in [0.15, 0.2) is 0 Å². The van der Waals surface area contributed by atoms with Gasteiger partial charge in [-0.1, -0.05) is 0 Å². The van der Waals surface area contributed by atoms with Gasteiger partial charge in [0.1, 0.15) is 5.69 Å². The standard InChI is InChI=1S/C13H23N5O/c1-9-11(14)12(17(4)15-9)13(19)18-7-5-6-10(8-18)16(2)3/h10H,5-8,14H2,1-4H3. The minimum atomic E-state index is -0.00727. The van der Waals surface area contributed by atoms with Gasteiger partial charge in [0.25, 0.3) is 5.91 Å². The van der Waals surface area contributed by atoms with Gasteiger partial charge in [0.2, 0.25) is 0 Å². The van der Waals surface area contributed by atoms with E-state index in [1.54, 1.807) is 11.7 Å². The van der Waals surface area contributed by atoms with Crippen molar-refractivity contribution in [3.63, 3.8) is 0 Å². The first-order valence-corrected chi connectivity index (χ1v) is 6.66. The number of carbonyl (C=O) groups is 1. The Morgan fingerprint density at radius 1 is 1.47 bits per heavy atom. The third-order valence-corrected chi connectivity index (χ3v) is 3.89. The maximum Gasteiger partial charge on any atom is 0.274 e. The van der Waals surface area contributed by atoms with Crippen molar-refractivity contribution in [1.82, 2.24) is 19.6 Å². The largest absolute Gasteiger partial charge is 0.395 e. The van der Waals surface area contributed by atoms with E-state index >= 15 is 0 Å². The van der Waals surface area contributed by atoms with Crippen LogP contribution in [0.2, 0.25) is 0 Å². The highest BCUT2D eigenvalue weighted by Gasteiger charge is 2.28. The number of likely N-dealkylation sites (tertiary alicyclic amines) is 1. The van der Waals surface area contributed by atoms with Gasteiger partial charge in [0.05, 0.1) is 11.4 Å². The molecule has 0 spiro atoms. The number of nitrogen functional groups attached to an aromatic ring is 1. The Bertz CT molecular complexity index is 480. The quantitative estimate of drug-likeness (QED) is 0.844. The topological polar surface area (TPSA) is 67.4 Å². The Morgan fingerprint density at radius 3 is 2.68 bits per heavy atom. The molecule has 0 aromatic carbocycles. The van der Waals surface area contributed by atoms with Crippen molar-refractivity contribution in [2.45, 2.75) is 25.8 Å². The molecule has 1 aromatic rings. The summed E-state index contributed by atoms with van der Waals surface area (Å²) < 4.78 is 1.59. The minimum absolute atomic E-state index is 0.00727. The fourth-order valence-electron chi connectivity index (χ4n) is 2.64. The van der Waals surface area contributed by atoms with Crippen molar-refractivity contribution >= 4 is 11.6 Å². The van der Waals surface area contributed by atoms with Gasteiger partial charge in [-0.2, -0.15) is 5.10 Å². The second kappa shape index (κ2) is 5.21. The Kier molecular flexibility index (Phi) is 3.80. The Morgan fingerprint density at radius 2 is 2.16 bits per heavy atom. The maximum atomic E-state index is 12.6. The van der Waals surface area contributed by atoms with Gasteiger partial charge in [-0.05, 0) is 33.9 Å². The van der Waals surface area contributed by atoms with Crippen LogP contribution in [-0.2, 0) is 7.05 Å². The second-order valence-electron chi connectivity index (χ2n) is 5.48. The van der Waals surface area contributed by atoms with Crippen molar-refractivity contribution in [1.29, 1.82) is 0 Å². The molecule has 0 saturated carbocycles. The zero-order chi connectivity index (χ0) is 14.2. The average molecular weight is 265 g/mol. The van der Waals surface area contributed by atoms with Crippen molar-refractivity contribution in [2.75, 3.05) is 32.9 Å². The lowest BCUT2D eigenvalue weighted by Gasteiger charge is -2.36. The lowest BCUT2D eigenvalue weighted by Crippen LogP contribution is -2.48. The van der Waals surface area contributed by atoms with E-state index in [9.17, 15) is 4.79 Å². The molecule has 2 N–H and O–H groups in total. The molecule has 1 fully saturated rings. The van der Waals surface area contributed by atoms with E-state index in [0.29, 0.717) is 23.1 Å². The van der Waals surface area contributed by atoms with Gasteiger partial charge in [-0.15, -0.1) is 0 Å². The highest BCUT2D eigenvalue weighted by atomic mass is 16.2. The molecule has 1 aliphatic rings. The molecule has 0 bridgehead atoms. The van der Waals surface area contributed by atoms with Crippen molar-refractivity contribution in [3.8, 4) is 0 Å². The third kappa shape index (κ3) is 2.58. The predicted octanol–water partition coefficient (Wildman–Crippen LogP) is 0.477. The highest BCUT2D eigenvalue weighted by molar-refractivity contribution is 5.98. The zero-order valence-electron chi connectivity index (χ0n) is 12.2. The number of aryl methyl sites for hydroxylation is 2. The van der Waals surface area contributed by atoms with Crippen molar-refractivity contribution < 1.29 is 4.79 Å². The fourth-order valence-corrected chi connectivity index (χ4v) is 2.64. The van der Waals surface area contributed by atoms with Crippen LogP contribution in [0.25, 0.3) is 0 Å². The summed E-state index contributed by atoms with van der Waals surface area (Å²) in [5.41, 5.74) is 7.69. The maximum absolute atomic E-state index is 12.6. The number of nitrogens with zero attached hydrogens (tertiary/aromatic N) is 4. The molecule has 6 nitrogen and oxygen atoms in total. The number of nitrogens with two attached hydrogens (primary N) is 1. The summed E-state index contributed by atoms with van der Waals surface area (Å²) in [6.07, 6.45) is 2.17. The molecule has 1 unspecified atom stereocenters. The molecule has 0 radical (unpaired) electrons. The van der Waals surface area contributed by atoms with Crippen LogP contribution in [-0.4, -0.2) is 58.7 Å². The number of hydrogen-bond acceptors (Lipinski definition) is 4. The molecule has 1 aromatic heterocycles. The molecular weight excluding hydrogens is 242 g/mol. The molecule has 0 aliphatic carbocycles. The summed E-state index contributed by atoms with van der Waals surface area (Å²) in [4.78, 5) is 16.7. The van der Waals surface area contributed by atoms with Crippen LogP contribution in [0.5, 0.6) is 0 Å². The fraction of sp³-hybridized carbons (Fsp3) is 0.692. The molecule has 106 valence electrons. The van der Waals surface area contributed by atoms with E-state index in [2.05, 4.69) is 24.1 Å². The summed E-state index contributed by atoms with van der Waals surface area (Å²) >= 11 is 0. The van der Waals surface area contributed by atoms with E-state index in [1.165, 1.54) is 0 Å². The van der Waals surface area contributed by atoms with Crippen LogP contribution >= 0.6 is 0 Å². The van der Waals surface area contributed by atoms with Crippen LogP contribution < -0.4 is 5.73 Å². The normalized spacial score (nSPS) is 20.1. The number of hydrogen-bond donors (Lipinski definition) is 1. The minimum Gasteiger partial charge on any atom is -0.395 e. The monoisotopic (exact) mass is 265 g/mol. The summed E-state index contributed by atoms with van der Waals surface area (Å²) in [5, 5.41) is 4.21. The first-order valence-electron chi connectivity index (χ1n) is 6.66. The van der Waals surface area contributed by atoms with Gasteiger partial charge in [-0.25, -0.2) is 0 Å². The van der Waals surface area contributed by atoms with Crippen molar-refractivity contribution in [2.24, 2.45) is 7.05 Å². The molecule has 1 saturated heterocycles. The number of anilines is 1. The lowest BCUT2D eigenvalue weighted by atomic mass is 10.0. The van der Waals surface area contributed by atoms with E-state index in [1.807, 2.05) is 11.8 Å². The number of carbonyl (C=O) groups excluding carboxylic acids is 1. The molecule has 2 heterocycles. The van der Waals surface area contributed by atoms with Gasteiger partial charge >= 0.3 is 0 Å². The van der Waals surface area contributed by atoms with E-state index in [0.717, 1.165) is 25.9 Å². The number of amides is 1. The molecular formula is C13H23N5O. The predicted molar refractivity (Wildman–Crippen MR) is 75.0 cm³/mol. The van der Waals surface area contributed by atoms with Crippen LogP contribution in [0.15, 0.2) is 0 Å². The Hall–Kier alpha value is -1.56. The first kappa shape index (κ1) is 13.9. The van der Waals surface area contributed by atoms with Crippen LogP contribution in [0.3, 0.4) is 0 Å². The zero-order valence-corrected chi connectivity index (χ0v) is 12.2. The SMILES string of the molecule is Cc1nn(C)c(C(=O)N2CCCC(N(C)C)C2)c1N. The smallest absolute Gasteiger partial charge is 0.274 e. The Labute approximate surface area is 114 Å².